The van der Waals surface area contributed by atoms with E-state index < -0.39 is 6.04 Å². The Kier molecular flexibility index (Phi) is 8.06. The molecule has 0 spiro atoms. The molecule has 0 bridgehead atoms. The van der Waals surface area contributed by atoms with Crippen LogP contribution >= 0.6 is 11.8 Å². The Labute approximate surface area is 124 Å². The van der Waals surface area contributed by atoms with Gasteiger partial charge in [-0.05, 0) is 30.4 Å². The Morgan fingerprint density at radius 1 is 1.55 bits per heavy atom. The molecule has 0 radical (unpaired) electrons. The molecule has 0 aliphatic rings. The maximum atomic E-state index is 11.7. The Morgan fingerprint density at radius 2 is 2.35 bits per heavy atom. The summed E-state index contributed by atoms with van der Waals surface area (Å²) >= 11 is 1.69. The second kappa shape index (κ2) is 9.61. The summed E-state index contributed by atoms with van der Waals surface area (Å²) in [4.78, 5) is 15.9. The third kappa shape index (κ3) is 6.25. The molecular weight excluding hydrogens is 274 g/mol. The van der Waals surface area contributed by atoms with Crippen molar-refractivity contribution in [3.63, 3.8) is 0 Å². The van der Waals surface area contributed by atoms with Gasteiger partial charge in [-0.15, -0.1) is 0 Å². The number of hydrogen-bond donors (Lipinski definition) is 2. The highest BCUT2D eigenvalue weighted by Gasteiger charge is 2.12. The van der Waals surface area contributed by atoms with Gasteiger partial charge in [0.25, 0.3) is 0 Å². The van der Waals surface area contributed by atoms with E-state index in [0.717, 1.165) is 17.7 Å². The molecule has 1 amide bonds. The van der Waals surface area contributed by atoms with E-state index >= 15 is 0 Å². The van der Waals surface area contributed by atoms with E-state index in [4.69, 9.17) is 10.5 Å². The second-order valence-electron chi connectivity index (χ2n) is 4.46. The van der Waals surface area contributed by atoms with Crippen LogP contribution in [0.25, 0.3) is 0 Å². The van der Waals surface area contributed by atoms with Crippen molar-refractivity contribution in [2.24, 2.45) is 5.73 Å². The van der Waals surface area contributed by atoms with Gasteiger partial charge in [-0.3, -0.25) is 4.79 Å². The fourth-order valence-electron chi connectivity index (χ4n) is 1.50. The van der Waals surface area contributed by atoms with Crippen LogP contribution in [0.4, 0.5) is 0 Å². The molecule has 1 aromatic rings. The number of aromatic nitrogens is 1. The van der Waals surface area contributed by atoms with Gasteiger partial charge in [0.15, 0.2) is 0 Å². The molecule has 5 nitrogen and oxygen atoms in total. The van der Waals surface area contributed by atoms with Crippen LogP contribution in [0, 0.1) is 0 Å². The van der Waals surface area contributed by atoms with Crippen molar-refractivity contribution in [3.05, 3.63) is 23.9 Å². The number of ether oxygens (including phenoxy) is 1. The summed E-state index contributed by atoms with van der Waals surface area (Å²) in [5.41, 5.74) is 6.72. The number of thioether (sulfide) groups is 1. The molecule has 6 heteroatoms. The number of hydrogen-bond acceptors (Lipinski definition) is 5. The smallest absolute Gasteiger partial charge is 0.237 e. The van der Waals surface area contributed by atoms with Gasteiger partial charge in [0.05, 0.1) is 12.6 Å². The Balaban J connectivity index is 2.35. The molecule has 0 fully saturated rings. The summed E-state index contributed by atoms with van der Waals surface area (Å²) in [6, 6.07) is 3.26. The zero-order valence-corrected chi connectivity index (χ0v) is 12.9. The van der Waals surface area contributed by atoms with E-state index in [-0.39, 0.29) is 5.91 Å². The fourth-order valence-corrected chi connectivity index (χ4v) is 1.99. The minimum atomic E-state index is -0.442. The van der Waals surface area contributed by atoms with Crippen molar-refractivity contribution in [2.75, 3.05) is 18.6 Å². The lowest BCUT2D eigenvalue weighted by Gasteiger charge is -2.11. The number of carbonyl (C=O) groups excluding carboxylic acids is 1. The Morgan fingerprint density at radius 3 is 2.95 bits per heavy atom. The van der Waals surface area contributed by atoms with Crippen LogP contribution in [0.5, 0.6) is 5.88 Å². The van der Waals surface area contributed by atoms with Crippen molar-refractivity contribution < 1.29 is 9.53 Å². The standard InChI is InChI=1S/C14H23N3O2S/c1-3-7-19-13-5-4-11(9-16-13)10-17-14(18)12(15)6-8-20-2/h4-5,9,12H,3,6-8,10,15H2,1-2H3,(H,17,18). The predicted molar refractivity (Wildman–Crippen MR) is 82.8 cm³/mol. The highest BCUT2D eigenvalue weighted by Crippen LogP contribution is 2.08. The lowest BCUT2D eigenvalue weighted by atomic mass is 10.2. The number of nitrogens with one attached hydrogen (secondary N) is 1. The molecule has 0 aliphatic carbocycles. The van der Waals surface area contributed by atoms with Gasteiger partial charge < -0.3 is 15.8 Å². The van der Waals surface area contributed by atoms with Crippen molar-refractivity contribution >= 4 is 17.7 Å². The maximum absolute atomic E-state index is 11.7. The summed E-state index contributed by atoms with van der Waals surface area (Å²) in [5, 5.41) is 2.82. The third-order valence-electron chi connectivity index (χ3n) is 2.69. The molecular formula is C14H23N3O2S. The van der Waals surface area contributed by atoms with Gasteiger partial charge >= 0.3 is 0 Å². The molecule has 0 saturated heterocycles. The molecule has 0 aliphatic heterocycles. The SMILES string of the molecule is CCCOc1ccc(CNC(=O)C(N)CCSC)cn1. The monoisotopic (exact) mass is 297 g/mol. The van der Waals surface area contributed by atoms with Crippen molar-refractivity contribution in [1.29, 1.82) is 0 Å². The lowest BCUT2D eigenvalue weighted by Crippen LogP contribution is -2.40. The first-order valence-electron chi connectivity index (χ1n) is 6.77. The van der Waals surface area contributed by atoms with Crippen LogP contribution in [0.2, 0.25) is 0 Å². The highest BCUT2D eigenvalue weighted by atomic mass is 32.2. The predicted octanol–water partition coefficient (Wildman–Crippen LogP) is 1.57. The lowest BCUT2D eigenvalue weighted by molar-refractivity contribution is -0.122. The number of pyridine rings is 1. The number of amides is 1. The van der Waals surface area contributed by atoms with E-state index in [2.05, 4.69) is 10.3 Å². The van der Waals surface area contributed by atoms with Gasteiger partial charge in [0.2, 0.25) is 11.8 Å². The van der Waals surface area contributed by atoms with E-state index in [1.165, 1.54) is 0 Å². The molecule has 1 unspecified atom stereocenters. The van der Waals surface area contributed by atoms with Crippen molar-refractivity contribution in [3.8, 4) is 5.88 Å². The number of nitrogens with zero attached hydrogens (tertiary/aromatic N) is 1. The van der Waals surface area contributed by atoms with Crippen LogP contribution in [0.15, 0.2) is 18.3 Å². The molecule has 1 heterocycles. The zero-order chi connectivity index (χ0) is 14.8. The summed E-state index contributed by atoms with van der Waals surface area (Å²) in [6.45, 7) is 3.14. The molecule has 112 valence electrons. The fraction of sp³-hybridized carbons (Fsp3) is 0.571. The molecule has 1 aromatic heterocycles. The van der Waals surface area contributed by atoms with Crippen molar-refractivity contribution in [1.82, 2.24) is 10.3 Å². The average molecular weight is 297 g/mol. The van der Waals surface area contributed by atoms with E-state index in [0.29, 0.717) is 25.5 Å². The maximum Gasteiger partial charge on any atom is 0.237 e. The molecule has 20 heavy (non-hydrogen) atoms. The Hall–Kier alpha value is -1.27. The van der Waals surface area contributed by atoms with Gasteiger partial charge in [-0.2, -0.15) is 11.8 Å². The van der Waals surface area contributed by atoms with E-state index in [1.807, 2.05) is 25.3 Å². The minimum absolute atomic E-state index is 0.120. The number of carbonyl (C=O) groups is 1. The summed E-state index contributed by atoms with van der Waals surface area (Å²) in [7, 11) is 0. The van der Waals surface area contributed by atoms with Crippen LogP contribution < -0.4 is 15.8 Å². The van der Waals surface area contributed by atoms with Crippen LogP contribution in [-0.2, 0) is 11.3 Å². The first kappa shape index (κ1) is 16.8. The Bertz CT molecular complexity index is 398. The largest absolute Gasteiger partial charge is 0.478 e. The molecule has 0 saturated carbocycles. The van der Waals surface area contributed by atoms with Gasteiger partial charge in [0, 0.05) is 18.8 Å². The summed E-state index contributed by atoms with van der Waals surface area (Å²) in [6.07, 6.45) is 5.35. The van der Waals surface area contributed by atoms with E-state index in [9.17, 15) is 4.79 Å². The first-order chi connectivity index (χ1) is 9.67. The number of nitrogens with two attached hydrogens (primary N) is 1. The molecule has 1 rings (SSSR count). The van der Waals surface area contributed by atoms with Gasteiger partial charge in [-0.25, -0.2) is 4.98 Å². The minimum Gasteiger partial charge on any atom is -0.478 e. The quantitative estimate of drug-likeness (QED) is 0.723. The van der Waals surface area contributed by atoms with E-state index in [1.54, 1.807) is 18.0 Å². The zero-order valence-electron chi connectivity index (χ0n) is 12.1. The van der Waals surface area contributed by atoms with Gasteiger partial charge in [0.1, 0.15) is 0 Å². The summed E-state index contributed by atoms with van der Waals surface area (Å²) in [5.74, 6) is 1.38. The third-order valence-corrected chi connectivity index (χ3v) is 3.33. The first-order valence-corrected chi connectivity index (χ1v) is 8.16. The molecule has 1 atom stereocenters. The highest BCUT2D eigenvalue weighted by molar-refractivity contribution is 7.98. The van der Waals surface area contributed by atoms with Gasteiger partial charge in [-0.1, -0.05) is 13.0 Å². The van der Waals surface area contributed by atoms with Crippen molar-refractivity contribution in [2.45, 2.75) is 32.4 Å². The van der Waals surface area contributed by atoms with Crippen LogP contribution in [0.1, 0.15) is 25.3 Å². The average Bonchev–Trinajstić information content (AvgIpc) is 2.49. The second-order valence-corrected chi connectivity index (χ2v) is 5.44. The number of rotatable bonds is 9. The van der Waals surface area contributed by atoms with Crippen LogP contribution in [-0.4, -0.2) is 35.5 Å². The molecule has 0 aromatic carbocycles. The van der Waals surface area contributed by atoms with Crippen LogP contribution in [0.3, 0.4) is 0 Å². The normalized spacial score (nSPS) is 11.9. The topological polar surface area (TPSA) is 77.2 Å². The summed E-state index contributed by atoms with van der Waals surface area (Å²) < 4.78 is 5.40. The molecule has 3 N–H and O–H groups in total.